The molecule has 0 spiro atoms. The Balaban J connectivity index is 2.04. The summed E-state index contributed by atoms with van der Waals surface area (Å²) in [6, 6.07) is 8.59. The van der Waals surface area contributed by atoms with Crippen LogP contribution in [0.1, 0.15) is 28.9 Å². The van der Waals surface area contributed by atoms with Crippen LogP contribution >= 0.6 is 23.2 Å². The molecule has 0 amide bonds. The molecule has 0 radical (unpaired) electrons. The van der Waals surface area contributed by atoms with Crippen LogP contribution in [-0.4, -0.2) is 9.13 Å². The van der Waals surface area contributed by atoms with Crippen LogP contribution < -0.4 is 5.69 Å². The maximum atomic E-state index is 13.4. The van der Waals surface area contributed by atoms with Crippen molar-refractivity contribution in [2.45, 2.75) is 19.5 Å². The number of aryl methyl sites for hydroxylation is 1. The maximum absolute atomic E-state index is 13.4. The van der Waals surface area contributed by atoms with Crippen molar-refractivity contribution in [2.75, 3.05) is 0 Å². The molecule has 0 bridgehead atoms. The Hall–Kier alpha value is -2.70. The van der Waals surface area contributed by atoms with Crippen LogP contribution in [0.25, 0.3) is 23.5 Å². The first-order valence-electron chi connectivity index (χ1n) is 9.03. The lowest BCUT2D eigenvalue weighted by molar-refractivity contribution is -0.137. The number of aromatic nitrogens is 2. The summed E-state index contributed by atoms with van der Waals surface area (Å²) in [5.74, 6) is 0. The molecule has 154 valence electrons. The minimum absolute atomic E-state index is 0.0809. The highest BCUT2D eigenvalue weighted by molar-refractivity contribution is 6.31. The van der Waals surface area contributed by atoms with Gasteiger partial charge in [0.15, 0.2) is 0 Å². The van der Waals surface area contributed by atoms with Gasteiger partial charge in [-0.3, -0.25) is 9.13 Å². The van der Waals surface area contributed by atoms with Gasteiger partial charge >= 0.3 is 11.9 Å². The number of fused-ring (bicyclic) bond motifs is 1. The Kier molecular flexibility index (Phi) is 5.16. The molecule has 1 aliphatic rings. The first-order chi connectivity index (χ1) is 14.2. The fourth-order valence-corrected chi connectivity index (χ4v) is 3.77. The van der Waals surface area contributed by atoms with Crippen molar-refractivity contribution in [1.82, 2.24) is 9.13 Å². The smallest absolute Gasteiger partial charge is 0.260 e. The zero-order chi connectivity index (χ0) is 21.6. The Morgan fingerprint density at radius 3 is 1.93 bits per heavy atom. The van der Waals surface area contributed by atoms with Crippen molar-refractivity contribution in [3.8, 4) is 11.4 Å². The van der Waals surface area contributed by atoms with Crippen molar-refractivity contribution in [3.63, 3.8) is 0 Å². The monoisotopic (exact) mass is 450 g/mol. The molecule has 0 saturated carbocycles. The standard InChI is InChI=1S/C22H15Cl2F3N2O/c1-13-11-14(7-9-17(13)23)28-19-5-3-2-4-6-20(19)29(21(28)30)15-8-10-18(24)16(12-15)22(25,26)27/h3-12H,2H2,1H3. The molecular formula is C22H15Cl2F3N2O. The van der Waals surface area contributed by atoms with E-state index in [1.54, 1.807) is 30.4 Å². The highest BCUT2D eigenvalue weighted by Crippen LogP contribution is 2.36. The van der Waals surface area contributed by atoms with E-state index in [2.05, 4.69) is 0 Å². The van der Waals surface area contributed by atoms with Gasteiger partial charge in [0.1, 0.15) is 0 Å². The highest BCUT2D eigenvalue weighted by atomic mass is 35.5. The largest absolute Gasteiger partial charge is 0.417 e. The number of benzene rings is 2. The predicted molar refractivity (Wildman–Crippen MR) is 114 cm³/mol. The Morgan fingerprint density at radius 1 is 0.867 bits per heavy atom. The summed E-state index contributed by atoms with van der Waals surface area (Å²) in [5, 5.41) is 0.133. The van der Waals surface area contributed by atoms with Gasteiger partial charge in [-0.1, -0.05) is 35.4 Å². The van der Waals surface area contributed by atoms with Crippen LogP contribution in [-0.2, 0) is 6.18 Å². The van der Waals surface area contributed by atoms with E-state index in [1.807, 2.05) is 19.1 Å². The van der Waals surface area contributed by atoms with Gasteiger partial charge in [0, 0.05) is 5.02 Å². The van der Waals surface area contributed by atoms with Gasteiger partial charge in [-0.05, 0) is 67.5 Å². The van der Waals surface area contributed by atoms with Gasteiger partial charge in [-0.2, -0.15) is 13.2 Å². The lowest BCUT2D eigenvalue weighted by Crippen LogP contribution is -2.23. The number of nitrogens with zero attached hydrogens (tertiary/aromatic N) is 2. The molecular weight excluding hydrogens is 436 g/mol. The summed E-state index contributed by atoms with van der Waals surface area (Å²) in [7, 11) is 0. The second kappa shape index (κ2) is 7.52. The minimum atomic E-state index is -4.64. The van der Waals surface area contributed by atoms with Gasteiger partial charge in [-0.25, -0.2) is 4.79 Å². The molecule has 0 N–H and O–H groups in total. The SMILES string of the molecule is Cc1cc(-n2c3c(n(-c4ccc(Cl)c(C(F)(F)F)c4)c2=O)C=CCC=C3)ccc1Cl. The van der Waals surface area contributed by atoms with Crippen LogP contribution in [0.4, 0.5) is 13.2 Å². The summed E-state index contributed by atoms with van der Waals surface area (Å²) in [6.45, 7) is 1.82. The molecule has 3 nitrogen and oxygen atoms in total. The number of allylic oxidation sites excluding steroid dienone is 2. The molecule has 1 heterocycles. The number of imidazole rings is 1. The summed E-state index contributed by atoms with van der Waals surface area (Å²) < 4.78 is 42.9. The molecule has 0 atom stereocenters. The lowest BCUT2D eigenvalue weighted by Gasteiger charge is -2.12. The molecule has 1 aliphatic carbocycles. The molecule has 30 heavy (non-hydrogen) atoms. The molecule has 8 heteroatoms. The second-order valence-electron chi connectivity index (χ2n) is 6.86. The van der Waals surface area contributed by atoms with Crippen LogP contribution in [0.2, 0.25) is 10.0 Å². The summed E-state index contributed by atoms with van der Waals surface area (Å²) in [6.07, 6.45) is 3.25. The van der Waals surface area contributed by atoms with E-state index in [1.165, 1.54) is 15.2 Å². The normalized spacial score (nSPS) is 13.4. The maximum Gasteiger partial charge on any atom is 0.417 e. The third kappa shape index (κ3) is 3.50. The molecule has 3 aromatic rings. The van der Waals surface area contributed by atoms with Gasteiger partial charge in [-0.15, -0.1) is 0 Å². The Morgan fingerprint density at radius 2 is 1.40 bits per heavy atom. The van der Waals surface area contributed by atoms with E-state index >= 15 is 0 Å². The van der Waals surface area contributed by atoms with E-state index in [0.717, 1.165) is 17.7 Å². The van der Waals surface area contributed by atoms with E-state index in [-0.39, 0.29) is 5.69 Å². The Labute approximate surface area is 180 Å². The predicted octanol–water partition coefficient (Wildman–Crippen LogP) is 6.69. The number of halogens is 5. The fraction of sp³-hybridized carbons (Fsp3) is 0.136. The number of hydrogen-bond donors (Lipinski definition) is 0. The second-order valence-corrected chi connectivity index (χ2v) is 7.67. The van der Waals surface area contributed by atoms with Crippen molar-refractivity contribution in [1.29, 1.82) is 0 Å². The molecule has 2 aromatic carbocycles. The first-order valence-corrected chi connectivity index (χ1v) is 9.78. The van der Waals surface area contributed by atoms with Crippen LogP contribution in [0, 0.1) is 6.92 Å². The minimum Gasteiger partial charge on any atom is -0.260 e. The van der Waals surface area contributed by atoms with Crippen LogP contribution in [0.3, 0.4) is 0 Å². The van der Waals surface area contributed by atoms with Gasteiger partial charge in [0.2, 0.25) is 0 Å². The van der Waals surface area contributed by atoms with Crippen LogP contribution in [0.15, 0.2) is 53.3 Å². The quantitative estimate of drug-likeness (QED) is 0.427. The third-order valence-electron chi connectivity index (χ3n) is 4.86. The van der Waals surface area contributed by atoms with Crippen molar-refractivity contribution in [2.24, 2.45) is 0 Å². The third-order valence-corrected chi connectivity index (χ3v) is 5.62. The van der Waals surface area contributed by atoms with E-state index in [4.69, 9.17) is 23.2 Å². The van der Waals surface area contributed by atoms with E-state index < -0.39 is 22.5 Å². The molecule has 4 rings (SSSR count). The summed E-state index contributed by atoms with van der Waals surface area (Å²) in [5.41, 5.74) is 0.996. The van der Waals surface area contributed by atoms with Crippen molar-refractivity contribution < 1.29 is 13.2 Å². The fourth-order valence-electron chi connectivity index (χ4n) is 3.43. The van der Waals surface area contributed by atoms with Crippen molar-refractivity contribution >= 4 is 35.4 Å². The van der Waals surface area contributed by atoms with Crippen LogP contribution in [0.5, 0.6) is 0 Å². The molecule has 1 aromatic heterocycles. The average molecular weight is 451 g/mol. The zero-order valence-corrected chi connectivity index (χ0v) is 17.2. The molecule has 0 aliphatic heterocycles. The number of alkyl halides is 3. The molecule has 0 fully saturated rings. The highest BCUT2D eigenvalue weighted by Gasteiger charge is 2.34. The summed E-state index contributed by atoms with van der Waals surface area (Å²) >= 11 is 11.9. The first kappa shape index (κ1) is 20.6. The van der Waals surface area contributed by atoms with Gasteiger partial charge in [0.25, 0.3) is 0 Å². The van der Waals surface area contributed by atoms with Gasteiger partial charge in [0.05, 0.1) is 33.3 Å². The van der Waals surface area contributed by atoms with Gasteiger partial charge < -0.3 is 0 Å². The van der Waals surface area contributed by atoms with E-state index in [0.29, 0.717) is 28.5 Å². The molecule has 0 saturated heterocycles. The summed E-state index contributed by atoms with van der Waals surface area (Å²) in [4.78, 5) is 13.4. The Bertz CT molecular complexity index is 1270. The average Bonchev–Trinajstić information content (AvgIpc) is 2.81. The lowest BCUT2D eigenvalue weighted by atomic mass is 10.2. The zero-order valence-electron chi connectivity index (χ0n) is 15.7. The van der Waals surface area contributed by atoms with E-state index in [9.17, 15) is 18.0 Å². The molecule has 0 unspecified atom stereocenters. The van der Waals surface area contributed by atoms with Crippen molar-refractivity contribution in [3.05, 3.63) is 91.6 Å². The number of rotatable bonds is 2. The topological polar surface area (TPSA) is 26.9 Å². The number of hydrogen-bond acceptors (Lipinski definition) is 1.